The molecule has 2 heterocycles. The summed E-state index contributed by atoms with van der Waals surface area (Å²) >= 11 is 0. The zero-order valence-electron chi connectivity index (χ0n) is 21.2. The van der Waals surface area contributed by atoms with Crippen LogP contribution in [0.25, 0.3) is 11.0 Å². The van der Waals surface area contributed by atoms with Crippen molar-refractivity contribution in [3.63, 3.8) is 0 Å². The van der Waals surface area contributed by atoms with Crippen molar-refractivity contribution in [1.29, 1.82) is 5.41 Å². The van der Waals surface area contributed by atoms with E-state index in [4.69, 9.17) is 26.6 Å². The van der Waals surface area contributed by atoms with Gasteiger partial charge in [-0.2, -0.15) is 0 Å². The van der Waals surface area contributed by atoms with Crippen molar-refractivity contribution in [2.75, 3.05) is 26.2 Å². The van der Waals surface area contributed by atoms with E-state index >= 15 is 0 Å². The Morgan fingerprint density at radius 1 is 1.17 bits per heavy atom. The Bertz CT molecular complexity index is 1180. The molecule has 8 heteroatoms. The minimum Gasteiger partial charge on any atom is -0.384 e. The van der Waals surface area contributed by atoms with Gasteiger partial charge in [-0.1, -0.05) is 37.6 Å². The van der Waals surface area contributed by atoms with E-state index in [-0.39, 0.29) is 17.8 Å². The molecule has 36 heavy (non-hydrogen) atoms. The summed E-state index contributed by atoms with van der Waals surface area (Å²) in [6, 6.07) is 13.7. The third kappa shape index (κ3) is 6.12. The SMILES string of the molecule is CCCCN(CCN)C(=O)c1ccc2c(c1)nc(CCc1ccc(C(=N)N)cc1)n2CC1CCCO1. The summed E-state index contributed by atoms with van der Waals surface area (Å²) in [5.41, 5.74) is 15.8. The van der Waals surface area contributed by atoms with Gasteiger partial charge in [-0.25, -0.2) is 4.98 Å². The van der Waals surface area contributed by atoms with Crippen molar-refractivity contribution in [3.05, 3.63) is 65.0 Å². The number of nitrogen functional groups attached to an aromatic ring is 1. The Hall–Kier alpha value is -3.23. The lowest BCUT2D eigenvalue weighted by molar-refractivity contribution is 0.0758. The van der Waals surface area contributed by atoms with Gasteiger partial charge in [-0.15, -0.1) is 0 Å². The van der Waals surface area contributed by atoms with Crippen molar-refractivity contribution >= 4 is 22.8 Å². The van der Waals surface area contributed by atoms with Crippen LogP contribution >= 0.6 is 0 Å². The molecule has 0 saturated carbocycles. The molecule has 1 atom stereocenters. The first-order valence-electron chi connectivity index (χ1n) is 13.0. The van der Waals surface area contributed by atoms with Gasteiger partial charge in [0.2, 0.25) is 0 Å². The van der Waals surface area contributed by atoms with Gasteiger partial charge < -0.3 is 25.7 Å². The summed E-state index contributed by atoms with van der Waals surface area (Å²) in [7, 11) is 0. The Morgan fingerprint density at radius 2 is 1.94 bits per heavy atom. The van der Waals surface area contributed by atoms with Gasteiger partial charge >= 0.3 is 0 Å². The summed E-state index contributed by atoms with van der Waals surface area (Å²) in [5.74, 6) is 1.08. The average molecular weight is 491 g/mol. The summed E-state index contributed by atoms with van der Waals surface area (Å²) < 4.78 is 8.20. The molecule has 192 valence electrons. The van der Waals surface area contributed by atoms with Crippen molar-refractivity contribution in [2.24, 2.45) is 11.5 Å². The maximum atomic E-state index is 13.2. The van der Waals surface area contributed by atoms with Crippen LogP contribution in [-0.4, -0.2) is 58.5 Å². The standard InChI is InChI=1S/C28H38N6O2/c1-2-3-15-33(16-14-29)28(35)22-11-12-25-24(18-22)32-26(34(25)19-23-5-4-17-36-23)13-8-20-6-9-21(10-7-20)27(30)31/h6-7,9-12,18,23H,2-5,8,13-17,19,29H2,1H3,(H3,30,31). The molecule has 1 fully saturated rings. The van der Waals surface area contributed by atoms with Gasteiger partial charge in [0.25, 0.3) is 5.91 Å². The second-order valence-electron chi connectivity index (χ2n) is 9.52. The van der Waals surface area contributed by atoms with Crippen LogP contribution in [0.15, 0.2) is 42.5 Å². The molecule has 0 spiro atoms. The molecule has 1 unspecified atom stereocenters. The van der Waals surface area contributed by atoms with Crippen LogP contribution in [0.1, 0.15) is 59.9 Å². The second kappa shape index (κ2) is 12.1. The maximum Gasteiger partial charge on any atom is 0.253 e. The summed E-state index contributed by atoms with van der Waals surface area (Å²) in [4.78, 5) is 20.1. The number of fused-ring (bicyclic) bond motifs is 1. The number of unbranched alkanes of at least 4 members (excludes halogenated alkanes) is 1. The number of hydrogen-bond donors (Lipinski definition) is 3. The van der Waals surface area contributed by atoms with Gasteiger partial charge in [0, 0.05) is 43.8 Å². The first kappa shape index (κ1) is 25.9. The minimum atomic E-state index is 0.0107. The number of benzene rings is 2. The Labute approximate surface area is 213 Å². The Kier molecular flexibility index (Phi) is 8.72. The highest BCUT2D eigenvalue weighted by atomic mass is 16.5. The van der Waals surface area contributed by atoms with Gasteiger partial charge in [0.1, 0.15) is 11.7 Å². The van der Waals surface area contributed by atoms with E-state index < -0.39 is 0 Å². The number of hydrogen-bond acceptors (Lipinski definition) is 5. The van der Waals surface area contributed by atoms with Crippen LogP contribution in [0.3, 0.4) is 0 Å². The van der Waals surface area contributed by atoms with Gasteiger partial charge in [-0.3, -0.25) is 10.2 Å². The maximum absolute atomic E-state index is 13.2. The van der Waals surface area contributed by atoms with Crippen molar-refractivity contribution in [3.8, 4) is 0 Å². The van der Waals surface area contributed by atoms with E-state index in [9.17, 15) is 4.79 Å². The smallest absolute Gasteiger partial charge is 0.253 e. The molecule has 1 amide bonds. The molecule has 0 bridgehead atoms. The fraction of sp³-hybridized carbons (Fsp3) is 0.464. The zero-order valence-corrected chi connectivity index (χ0v) is 21.2. The normalized spacial score (nSPS) is 15.4. The molecule has 4 rings (SSSR count). The van der Waals surface area contributed by atoms with Crippen LogP contribution in [0.5, 0.6) is 0 Å². The van der Waals surface area contributed by atoms with Crippen LogP contribution in [0.2, 0.25) is 0 Å². The number of nitrogens with two attached hydrogens (primary N) is 2. The summed E-state index contributed by atoms with van der Waals surface area (Å²) in [5, 5.41) is 7.59. The molecule has 0 aliphatic carbocycles. The first-order valence-corrected chi connectivity index (χ1v) is 13.0. The number of carbonyl (C=O) groups is 1. The number of imidazole rings is 1. The van der Waals surface area contributed by atoms with Crippen LogP contribution in [-0.2, 0) is 24.1 Å². The number of amidine groups is 1. The second-order valence-corrected chi connectivity index (χ2v) is 9.52. The van der Waals surface area contributed by atoms with Crippen molar-refractivity contribution < 1.29 is 9.53 Å². The van der Waals surface area contributed by atoms with Crippen LogP contribution < -0.4 is 11.5 Å². The number of aryl methyl sites for hydroxylation is 2. The number of amides is 1. The van der Waals surface area contributed by atoms with Crippen LogP contribution in [0.4, 0.5) is 0 Å². The van der Waals surface area contributed by atoms with E-state index in [0.717, 1.165) is 74.1 Å². The molecule has 5 N–H and O–H groups in total. The highest BCUT2D eigenvalue weighted by Gasteiger charge is 2.21. The lowest BCUT2D eigenvalue weighted by Crippen LogP contribution is -2.36. The minimum absolute atomic E-state index is 0.0107. The fourth-order valence-corrected chi connectivity index (χ4v) is 4.81. The third-order valence-electron chi connectivity index (χ3n) is 6.85. The van der Waals surface area contributed by atoms with Crippen molar-refractivity contribution in [2.45, 2.75) is 58.1 Å². The van der Waals surface area contributed by atoms with Gasteiger partial charge in [-0.05, 0) is 49.4 Å². The molecular formula is C28H38N6O2. The van der Waals surface area contributed by atoms with Gasteiger partial charge in [0.15, 0.2) is 0 Å². The lowest BCUT2D eigenvalue weighted by atomic mass is 10.1. The first-order chi connectivity index (χ1) is 17.5. The highest BCUT2D eigenvalue weighted by Crippen LogP contribution is 2.24. The van der Waals surface area contributed by atoms with E-state index in [1.165, 1.54) is 5.56 Å². The zero-order chi connectivity index (χ0) is 25.5. The molecule has 8 nitrogen and oxygen atoms in total. The number of aromatic nitrogens is 2. The Balaban J connectivity index is 1.60. The highest BCUT2D eigenvalue weighted by molar-refractivity contribution is 5.97. The van der Waals surface area contributed by atoms with Crippen molar-refractivity contribution in [1.82, 2.24) is 14.5 Å². The summed E-state index contributed by atoms with van der Waals surface area (Å²) in [6.07, 6.45) is 5.89. The number of carbonyl (C=O) groups excluding carboxylic acids is 1. The number of nitrogens with zero attached hydrogens (tertiary/aromatic N) is 3. The average Bonchev–Trinajstić information content (AvgIpc) is 3.53. The third-order valence-corrected chi connectivity index (χ3v) is 6.85. The van der Waals surface area contributed by atoms with E-state index in [1.54, 1.807) is 0 Å². The molecule has 1 aliphatic heterocycles. The fourth-order valence-electron chi connectivity index (χ4n) is 4.81. The van der Waals surface area contributed by atoms with E-state index in [1.807, 2.05) is 47.4 Å². The molecule has 1 aliphatic rings. The monoisotopic (exact) mass is 490 g/mol. The predicted molar refractivity (Wildman–Crippen MR) is 143 cm³/mol. The number of rotatable bonds is 12. The van der Waals surface area contributed by atoms with E-state index in [0.29, 0.717) is 25.2 Å². The lowest BCUT2D eigenvalue weighted by Gasteiger charge is -2.22. The molecular weight excluding hydrogens is 452 g/mol. The van der Waals surface area contributed by atoms with Gasteiger partial charge in [0.05, 0.1) is 23.7 Å². The number of nitrogens with one attached hydrogen (secondary N) is 1. The predicted octanol–water partition coefficient (Wildman–Crippen LogP) is 3.49. The number of ether oxygens (including phenoxy) is 1. The van der Waals surface area contributed by atoms with Crippen LogP contribution in [0, 0.1) is 5.41 Å². The summed E-state index contributed by atoms with van der Waals surface area (Å²) in [6.45, 7) is 5.41. The molecule has 1 aromatic heterocycles. The van der Waals surface area contributed by atoms with E-state index in [2.05, 4.69) is 11.5 Å². The molecule has 1 saturated heterocycles. The molecule has 0 radical (unpaired) electrons. The quantitative estimate of drug-likeness (QED) is 0.265. The topological polar surface area (TPSA) is 123 Å². The molecule has 3 aromatic rings. The largest absolute Gasteiger partial charge is 0.384 e. The Morgan fingerprint density at radius 3 is 2.61 bits per heavy atom. The molecule has 2 aromatic carbocycles.